The van der Waals surface area contributed by atoms with Crippen LogP contribution in [0.25, 0.3) is 0 Å². The molecule has 2 unspecified atom stereocenters. The molecule has 0 amide bonds. The van der Waals surface area contributed by atoms with Gasteiger partial charge in [0.1, 0.15) is 0 Å². The van der Waals surface area contributed by atoms with Crippen LogP contribution < -0.4 is 10.5 Å². The summed E-state index contributed by atoms with van der Waals surface area (Å²) in [5.74, 6) is 6.66. The summed E-state index contributed by atoms with van der Waals surface area (Å²) < 4.78 is 27.6. The molecule has 0 aliphatic heterocycles. The molecule has 0 aromatic heterocycles. The second kappa shape index (κ2) is 7.08. The fourth-order valence-corrected chi connectivity index (χ4v) is 4.04. The molecular weight excluding hydrogens is 284 g/mol. The summed E-state index contributed by atoms with van der Waals surface area (Å²) >= 11 is 0. The van der Waals surface area contributed by atoms with Crippen LogP contribution in [0.1, 0.15) is 31.7 Å². The summed E-state index contributed by atoms with van der Waals surface area (Å²) in [7, 11) is -3.52. The molecular formula is C16H22N2O2S. The summed E-state index contributed by atoms with van der Waals surface area (Å²) in [5.41, 5.74) is 5.85. The summed E-state index contributed by atoms with van der Waals surface area (Å²) in [5, 5.41) is 0. The Labute approximate surface area is 127 Å². The van der Waals surface area contributed by atoms with Crippen LogP contribution in [-0.4, -0.2) is 21.5 Å². The third kappa shape index (κ3) is 4.31. The molecule has 1 aliphatic rings. The minimum Gasteiger partial charge on any atom is -0.320 e. The van der Waals surface area contributed by atoms with Crippen LogP contribution in [0.3, 0.4) is 0 Å². The molecule has 0 bridgehead atoms. The monoisotopic (exact) mass is 306 g/mol. The van der Waals surface area contributed by atoms with Gasteiger partial charge in [-0.15, -0.1) is 0 Å². The molecule has 5 heteroatoms. The van der Waals surface area contributed by atoms with E-state index in [0.717, 1.165) is 12.8 Å². The average Bonchev–Trinajstić information content (AvgIpc) is 2.89. The molecule has 0 heterocycles. The zero-order valence-corrected chi connectivity index (χ0v) is 13.1. The summed E-state index contributed by atoms with van der Waals surface area (Å²) in [4.78, 5) is 0.233. The first-order valence-corrected chi connectivity index (χ1v) is 8.79. The van der Waals surface area contributed by atoms with Crippen LogP contribution in [0.4, 0.5) is 0 Å². The van der Waals surface area contributed by atoms with Gasteiger partial charge in [0.2, 0.25) is 10.0 Å². The Kier molecular flexibility index (Phi) is 5.40. The van der Waals surface area contributed by atoms with Gasteiger partial charge in [0.05, 0.1) is 11.4 Å². The van der Waals surface area contributed by atoms with Gasteiger partial charge in [-0.2, -0.15) is 0 Å². The van der Waals surface area contributed by atoms with E-state index < -0.39 is 10.0 Å². The third-order valence-corrected chi connectivity index (χ3v) is 5.35. The highest BCUT2D eigenvalue weighted by Crippen LogP contribution is 2.30. The fraction of sp³-hybridized carbons (Fsp3) is 0.500. The van der Waals surface area contributed by atoms with Gasteiger partial charge in [0, 0.05) is 12.1 Å². The highest BCUT2D eigenvalue weighted by Gasteiger charge is 2.24. The average molecular weight is 306 g/mol. The van der Waals surface area contributed by atoms with Crippen molar-refractivity contribution in [3.8, 4) is 11.8 Å². The first-order chi connectivity index (χ1) is 10.0. The predicted octanol–water partition coefficient (Wildman–Crippen LogP) is 1.71. The Bertz CT molecular complexity index is 644. The Balaban J connectivity index is 2.12. The fourth-order valence-electron chi connectivity index (χ4n) is 2.77. The van der Waals surface area contributed by atoms with Crippen molar-refractivity contribution in [2.24, 2.45) is 17.6 Å². The van der Waals surface area contributed by atoms with Gasteiger partial charge in [-0.1, -0.05) is 37.3 Å². The number of rotatable bonds is 4. The van der Waals surface area contributed by atoms with Crippen molar-refractivity contribution < 1.29 is 8.42 Å². The Hall–Kier alpha value is -1.35. The summed E-state index contributed by atoms with van der Waals surface area (Å²) in [6.07, 6.45) is 3.38. The van der Waals surface area contributed by atoms with E-state index in [1.807, 2.05) is 0 Å². The van der Waals surface area contributed by atoms with E-state index in [0.29, 0.717) is 23.9 Å². The highest BCUT2D eigenvalue weighted by molar-refractivity contribution is 7.89. The van der Waals surface area contributed by atoms with Gasteiger partial charge in [-0.05, 0) is 36.8 Å². The van der Waals surface area contributed by atoms with Gasteiger partial charge in [0.25, 0.3) is 0 Å². The first-order valence-electron chi connectivity index (χ1n) is 7.30. The molecule has 2 rings (SSSR count). The molecule has 2 atom stereocenters. The number of sulfonamides is 1. The predicted molar refractivity (Wildman–Crippen MR) is 84.1 cm³/mol. The molecule has 4 nitrogen and oxygen atoms in total. The summed E-state index contributed by atoms with van der Waals surface area (Å²) in [6, 6.07) is 6.77. The molecule has 21 heavy (non-hydrogen) atoms. The van der Waals surface area contributed by atoms with Crippen molar-refractivity contribution in [2.75, 3.05) is 13.1 Å². The molecule has 1 aliphatic carbocycles. The van der Waals surface area contributed by atoms with E-state index in [2.05, 4.69) is 23.5 Å². The second-order valence-electron chi connectivity index (χ2n) is 5.64. The zero-order valence-electron chi connectivity index (χ0n) is 12.3. The SMILES string of the molecule is CC1CCC(CNS(=O)(=O)c2ccccc2C#CCN)C1. The second-order valence-corrected chi connectivity index (χ2v) is 7.37. The van der Waals surface area contributed by atoms with E-state index >= 15 is 0 Å². The molecule has 0 radical (unpaired) electrons. The van der Waals surface area contributed by atoms with Crippen molar-refractivity contribution in [1.82, 2.24) is 4.72 Å². The Morgan fingerprint density at radius 1 is 1.33 bits per heavy atom. The maximum Gasteiger partial charge on any atom is 0.241 e. The number of nitrogens with two attached hydrogens (primary N) is 1. The van der Waals surface area contributed by atoms with E-state index in [1.54, 1.807) is 24.3 Å². The van der Waals surface area contributed by atoms with Gasteiger partial charge in [-0.3, -0.25) is 0 Å². The third-order valence-electron chi connectivity index (χ3n) is 3.87. The van der Waals surface area contributed by atoms with Crippen molar-refractivity contribution >= 4 is 10.0 Å². The van der Waals surface area contributed by atoms with Crippen molar-refractivity contribution in [3.63, 3.8) is 0 Å². The standard InChI is InChI=1S/C16H22N2O2S/c1-13-8-9-14(11-13)12-18-21(19,20)16-7-3-2-5-15(16)6-4-10-17/h2-3,5,7,13-14,18H,8-12,17H2,1H3. The molecule has 1 aromatic rings. The topological polar surface area (TPSA) is 72.2 Å². The molecule has 0 saturated heterocycles. The lowest BCUT2D eigenvalue weighted by atomic mass is 10.1. The normalized spacial score (nSPS) is 21.8. The van der Waals surface area contributed by atoms with Crippen LogP contribution in [0.2, 0.25) is 0 Å². The van der Waals surface area contributed by atoms with Crippen LogP contribution in [0.5, 0.6) is 0 Å². The van der Waals surface area contributed by atoms with Crippen LogP contribution in [0, 0.1) is 23.7 Å². The largest absolute Gasteiger partial charge is 0.320 e. The first kappa shape index (κ1) is 16.0. The van der Waals surface area contributed by atoms with Crippen molar-refractivity contribution in [2.45, 2.75) is 31.1 Å². The minimum atomic E-state index is -3.52. The molecule has 0 spiro atoms. The van der Waals surface area contributed by atoms with E-state index in [4.69, 9.17) is 5.73 Å². The lowest BCUT2D eigenvalue weighted by Crippen LogP contribution is -2.29. The number of hydrogen-bond acceptors (Lipinski definition) is 3. The summed E-state index contributed by atoms with van der Waals surface area (Å²) in [6.45, 7) is 2.93. The minimum absolute atomic E-state index is 0.210. The maximum atomic E-state index is 12.4. The van der Waals surface area contributed by atoms with Gasteiger partial charge in [-0.25, -0.2) is 13.1 Å². The van der Waals surface area contributed by atoms with E-state index in [9.17, 15) is 8.42 Å². The zero-order chi connectivity index (χ0) is 15.3. The molecule has 3 N–H and O–H groups in total. The number of nitrogens with one attached hydrogen (secondary N) is 1. The Morgan fingerprint density at radius 2 is 2.10 bits per heavy atom. The van der Waals surface area contributed by atoms with Gasteiger partial charge >= 0.3 is 0 Å². The molecule has 114 valence electrons. The smallest absolute Gasteiger partial charge is 0.241 e. The quantitative estimate of drug-likeness (QED) is 0.832. The van der Waals surface area contributed by atoms with Crippen molar-refractivity contribution in [1.29, 1.82) is 0 Å². The molecule has 1 fully saturated rings. The lowest BCUT2D eigenvalue weighted by molar-refractivity contribution is 0.498. The Morgan fingerprint density at radius 3 is 2.76 bits per heavy atom. The van der Waals surface area contributed by atoms with Crippen LogP contribution in [0.15, 0.2) is 29.2 Å². The molecule has 1 aromatic carbocycles. The van der Waals surface area contributed by atoms with Gasteiger partial charge < -0.3 is 5.73 Å². The van der Waals surface area contributed by atoms with Gasteiger partial charge in [0.15, 0.2) is 0 Å². The highest BCUT2D eigenvalue weighted by atomic mass is 32.2. The van der Waals surface area contributed by atoms with E-state index in [1.165, 1.54) is 6.42 Å². The lowest BCUT2D eigenvalue weighted by Gasteiger charge is -2.12. The van der Waals surface area contributed by atoms with Crippen LogP contribution >= 0.6 is 0 Å². The maximum absolute atomic E-state index is 12.4. The van der Waals surface area contributed by atoms with Crippen molar-refractivity contribution in [3.05, 3.63) is 29.8 Å². The molecule has 1 saturated carbocycles. The van der Waals surface area contributed by atoms with Crippen LogP contribution in [-0.2, 0) is 10.0 Å². The number of hydrogen-bond donors (Lipinski definition) is 2. The number of benzene rings is 1. The van der Waals surface area contributed by atoms with E-state index in [-0.39, 0.29) is 11.4 Å².